The lowest BCUT2D eigenvalue weighted by Gasteiger charge is -2.07. The second kappa shape index (κ2) is 7.17. The number of ether oxygens (including phenoxy) is 1. The van der Waals surface area contributed by atoms with Crippen molar-refractivity contribution in [2.24, 2.45) is 0 Å². The van der Waals surface area contributed by atoms with Gasteiger partial charge >= 0.3 is 0 Å². The average molecular weight is 353 g/mol. The highest BCUT2D eigenvalue weighted by Gasteiger charge is 2.09. The van der Waals surface area contributed by atoms with Crippen LogP contribution in [-0.4, -0.2) is 18.0 Å². The number of nitrogens with one attached hydrogen (secondary N) is 1. The number of rotatable bonds is 5. The van der Waals surface area contributed by atoms with Crippen LogP contribution in [0.25, 0.3) is 0 Å². The number of carbonyl (C=O) groups excluding carboxylic acids is 1. The number of nitrogens with zero attached hydrogens (tertiary/aromatic N) is 1. The Labute approximate surface area is 130 Å². The van der Waals surface area contributed by atoms with Crippen molar-refractivity contribution < 1.29 is 13.9 Å². The number of carbonyl (C=O) groups is 1. The van der Waals surface area contributed by atoms with Gasteiger partial charge in [-0.3, -0.25) is 9.78 Å². The van der Waals surface area contributed by atoms with E-state index in [4.69, 9.17) is 4.74 Å². The monoisotopic (exact) mass is 352 g/mol. The molecule has 21 heavy (non-hydrogen) atoms. The summed E-state index contributed by atoms with van der Waals surface area (Å²) < 4.78 is 18.5. The predicted octanol–water partition coefficient (Wildman–Crippen LogP) is 3.05. The molecule has 2 rings (SSSR count). The van der Waals surface area contributed by atoms with Crippen molar-refractivity contribution in [3.05, 3.63) is 59.2 Å². The SMILES string of the molecule is COc1ccnc(CNC(=O)c2ccc(F)c(CBr)c2)c1. The Kier molecular flexibility index (Phi) is 5.27. The Morgan fingerprint density at radius 3 is 2.90 bits per heavy atom. The molecule has 1 aromatic heterocycles. The van der Waals surface area contributed by atoms with Gasteiger partial charge in [0.25, 0.3) is 5.91 Å². The van der Waals surface area contributed by atoms with Crippen molar-refractivity contribution >= 4 is 21.8 Å². The smallest absolute Gasteiger partial charge is 0.251 e. The van der Waals surface area contributed by atoms with E-state index in [0.717, 1.165) is 0 Å². The molecule has 1 heterocycles. The summed E-state index contributed by atoms with van der Waals surface area (Å²) in [5.74, 6) is 0.0670. The molecule has 0 spiro atoms. The second-order valence-corrected chi connectivity index (χ2v) is 4.87. The minimum atomic E-state index is -0.335. The second-order valence-electron chi connectivity index (χ2n) is 4.31. The summed E-state index contributed by atoms with van der Waals surface area (Å²) in [4.78, 5) is 16.2. The van der Waals surface area contributed by atoms with Crippen molar-refractivity contribution in [2.45, 2.75) is 11.9 Å². The van der Waals surface area contributed by atoms with E-state index in [0.29, 0.717) is 27.9 Å². The van der Waals surface area contributed by atoms with Crippen LogP contribution in [0.2, 0.25) is 0 Å². The molecule has 0 fully saturated rings. The Balaban J connectivity index is 2.04. The van der Waals surface area contributed by atoms with E-state index in [1.54, 1.807) is 25.4 Å². The van der Waals surface area contributed by atoms with Crippen LogP contribution in [0, 0.1) is 5.82 Å². The first-order valence-electron chi connectivity index (χ1n) is 6.25. The summed E-state index contributed by atoms with van der Waals surface area (Å²) in [5, 5.41) is 3.10. The molecule has 2 aromatic rings. The van der Waals surface area contributed by atoms with Crippen LogP contribution in [-0.2, 0) is 11.9 Å². The first-order valence-corrected chi connectivity index (χ1v) is 7.37. The third-order valence-corrected chi connectivity index (χ3v) is 3.51. The average Bonchev–Trinajstić information content (AvgIpc) is 2.53. The van der Waals surface area contributed by atoms with Crippen LogP contribution in [0.15, 0.2) is 36.5 Å². The van der Waals surface area contributed by atoms with Crippen molar-refractivity contribution in [1.29, 1.82) is 0 Å². The summed E-state index contributed by atoms with van der Waals surface area (Å²) in [6.45, 7) is 0.275. The number of alkyl halides is 1. The maximum absolute atomic E-state index is 13.4. The number of hydrogen-bond acceptors (Lipinski definition) is 3. The fraction of sp³-hybridized carbons (Fsp3) is 0.200. The largest absolute Gasteiger partial charge is 0.497 e. The fourth-order valence-electron chi connectivity index (χ4n) is 1.77. The fourth-order valence-corrected chi connectivity index (χ4v) is 2.20. The molecule has 110 valence electrons. The first-order chi connectivity index (χ1) is 10.1. The molecule has 0 aliphatic heterocycles. The van der Waals surface area contributed by atoms with Crippen LogP contribution in [0.4, 0.5) is 4.39 Å². The third-order valence-electron chi connectivity index (χ3n) is 2.91. The zero-order valence-electron chi connectivity index (χ0n) is 11.4. The minimum absolute atomic E-state index is 0.275. The molecule has 1 amide bonds. The molecular weight excluding hydrogens is 339 g/mol. The van der Waals surface area contributed by atoms with E-state index >= 15 is 0 Å². The van der Waals surface area contributed by atoms with Crippen LogP contribution in [0.1, 0.15) is 21.6 Å². The van der Waals surface area contributed by atoms with Crippen LogP contribution >= 0.6 is 15.9 Å². The van der Waals surface area contributed by atoms with E-state index in [1.807, 2.05) is 0 Å². The maximum atomic E-state index is 13.4. The highest BCUT2D eigenvalue weighted by atomic mass is 79.9. The van der Waals surface area contributed by atoms with Gasteiger partial charge in [-0.2, -0.15) is 0 Å². The lowest BCUT2D eigenvalue weighted by Crippen LogP contribution is -2.23. The van der Waals surface area contributed by atoms with Gasteiger partial charge in [0.15, 0.2) is 0 Å². The Hall–Kier alpha value is -1.95. The van der Waals surface area contributed by atoms with Crippen LogP contribution in [0.3, 0.4) is 0 Å². The summed E-state index contributed by atoms with van der Waals surface area (Å²) in [6, 6.07) is 7.74. The van der Waals surface area contributed by atoms with E-state index in [9.17, 15) is 9.18 Å². The van der Waals surface area contributed by atoms with E-state index in [-0.39, 0.29) is 18.3 Å². The molecule has 0 bridgehead atoms. The maximum Gasteiger partial charge on any atom is 0.251 e. The lowest BCUT2D eigenvalue weighted by atomic mass is 10.1. The molecule has 0 radical (unpaired) electrons. The van der Waals surface area contributed by atoms with Crippen molar-refractivity contribution in [3.63, 3.8) is 0 Å². The highest BCUT2D eigenvalue weighted by Crippen LogP contribution is 2.14. The number of aromatic nitrogens is 1. The van der Waals surface area contributed by atoms with Gasteiger partial charge in [0.1, 0.15) is 11.6 Å². The molecule has 4 nitrogen and oxygen atoms in total. The van der Waals surface area contributed by atoms with Crippen molar-refractivity contribution in [1.82, 2.24) is 10.3 Å². The number of pyridine rings is 1. The molecule has 0 unspecified atom stereocenters. The van der Waals surface area contributed by atoms with Gasteiger partial charge in [0.05, 0.1) is 19.3 Å². The summed E-state index contributed by atoms with van der Waals surface area (Å²) in [5.41, 5.74) is 1.54. The third kappa shape index (κ3) is 4.01. The van der Waals surface area contributed by atoms with Gasteiger partial charge in [-0.25, -0.2) is 4.39 Å². The predicted molar refractivity (Wildman–Crippen MR) is 81.0 cm³/mol. The molecule has 1 N–H and O–H groups in total. The van der Waals surface area contributed by atoms with Gasteiger partial charge in [-0.15, -0.1) is 0 Å². The van der Waals surface area contributed by atoms with Crippen LogP contribution in [0.5, 0.6) is 5.75 Å². The molecule has 6 heteroatoms. The Bertz CT molecular complexity index is 649. The standard InChI is InChI=1S/C15H14BrFN2O2/c1-21-13-4-5-18-12(7-13)9-19-15(20)10-2-3-14(17)11(6-10)8-16/h2-7H,8-9H2,1H3,(H,19,20). The van der Waals surface area contributed by atoms with Crippen LogP contribution < -0.4 is 10.1 Å². The zero-order valence-corrected chi connectivity index (χ0v) is 13.0. The summed E-state index contributed by atoms with van der Waals surface area (Å²) in [6.07, 6.45) is 1.61. The molecule has 1 aromatic carbocycles. The number of methoxy groups -OCH3 is 1. The molecule has 0 saturated heterocycles. The summed E-state index contributed by atoms with van der Waals surface area (Å²) in [7, 11) is 1.57. The topological polar surface area (TPSA) is 51.2 Å². The highest BCUT2D eigenvalue weighted by molar-refractivity contribution is 9.08. The van der Waals surface area contributed by atoms with Gasteiger partial charge in [-0.05, 0) is 29.8 Å². The van der Waals surface area contributed by atoms with Crippen molar-refractivity contribution in [2.75, 3.05) is 7.11 Å². The van der Waals surface area contributed by atoms with Gasteiger partial charge in [-0.1, -0.05) is 15.9 Å². The van der Waals surface area contributed by atoms with Gasteiger partial charge in [0, 0.05) is 23.2 Å². The number of benzene rings is 1. The molecule has 0 aliphatic carbocycles. The van der Waals surface area contributed by atoms with Crippen molar-refractivity contribution in [3.8, 4) is 5.75 Å². The molecule has 0 aliphatic rings. The number of amides is 1. The minimum Gasteiger partial charge on any atom is -0.497 e. The number of halogens is 2. The van der Waals surface area contributed by atoms with E-state index in [1.165, 1.54) is 18.2 Å². The lowest BCUT2D eigenvalue weighted by molar-refractivity contribution is 0.0950. The quantitative estimate of drug-likeness (QED) is 0.841. The molecule has 0 saturated carbocycles. The van der Waals surface area contributed by atoms with E-state index in [2.05, 4.69) is 26.2 Å². The van der Waals surface area contributed by atoms with E-state index < -0.39 is 0 Å². The van der Waals surface area contributed by atoms with Gasteiger partial charge < -0.3 is 10.1 Å². The Morgan fingerprint density at radius 1 is 1.38 bits per heavy atom. The Morgan fingerprint density at radius 2 is 2.19 bits per heavy atom. The van der Waals surface area contributed by atoms with Gasteiger partial charge in [0.2, 0.25) is 0 Å². The molecular formula is C15H14BrFN2O2. The zero-order chi connectivity index (χ0) is 15.2. The summed E-state index contributed by atoms with van der Waals surface area (Å²) >= 11 is 3.19. The normalized spacial score (nSPS) is 10.2. The molecule has 0 atom stereocenters. The number of hydrogen-bond donors (Lipinski definition) is 1. The first kappa shape index (κ1) is 15.4.